The number of pyridine rings is 1. The van der Waals surface area contributed by atoms with Crippen LogP contribution in [0, 0.1) is 6.92 Å². The largest absolute Gasteiger partial charge is 0.332 e. The van der Waals surface area contributed by atoms with E-state index in [1.54, 1.807) is 13.1 Å². The molecule has 0 aliphatic rings. The van der Waals surface area contributed by atoms with Crippen LogP contribution >= 0.6 is 0 Å². The highest BCUT2D eigenvalue weighted by Gasteiger charge is 2.12. The van der Waals surface area contributed by atoms with Gasteiger partial charge in [0.1, 0.15) is 5.65 Å². The second-order valence-corrected chi connectivity index (χ2v) is 5.95. The third kappa shape index (κ3) is 3.08. The number of aryl methyl sites for hydroxylation is 2. The molecule has 0 spiro atoms. The molecule has 2 aromatic heterocycles. The van der Waals surface area contributed by atoms with Crippen LogP contribution < -0.4 is 16.6 Å². The predicted octanol–water partition coefficient (Wildman–Crippen LogP) is 1.12. The maximum absolute atomic E-state index is 12.3. The molecular weight excluding hydrogens is 320 g/mol. The number of nitrogens with one attached hydrogen (secondary N) is 1. The SMILES string of the molecule is Cc1ccccc1CC(=O)Nc1cnc2c(c1)c(=O)n(C)c(=O)n2C. The molecule has 128 valence electrons. The summed E-state index contributed by atoms with van der Waals surface area (Å²) in [5, 5.41) is 3.03. The highest BCUT2D eigenvalue weighted by molar-refractivity contribution is 5.94. The van der Waals surface area contributed by atoms with Gasteiger partial charge in [-0.05, 0) is 24.1 Å². The zero-order chi connectivity index (χ0) is 18.1. The van der Waals surface area contributed by atoms with Gasteiger partial charge < -0.3 is 5.32 Å². The molecule has 0 radical (unpaired) electrons. The number of aromatic nitrogens is 3. The Morgan fingerprint density at radius 1 is 1.16 bits per heavy atom. The van der Waals surface area contributed by atoms with Crippen LogP contribution in [-0.4, -0.2) is 20.0 Å². The summed E-state index contributed by atoms with van der Waals surface area (Å²) < 4.78 is 2.32. The zero-order valence-electron chi connectivity index (χ0n) is 14.2. The van der Waals surface area contributed by atoms with E-state index in [-0.39, 0.29) is 23.4 Å². The number of nitrogens with zero attached hydrogens (tertiary/aromatic N) is 3. The number of carbonyl (C=O) groups is 1. The quantitative estimate of drug-likeness (QED) is 0.775. The molecular formula is C18H18N4O3. The molecule has 0 aliphatic carbocycles. The Labute approximate surface area is 143 Å². The maximum Gasteiger partial charge on any atom is 0.332 e. The predicted molar refractivity (Wildman–Crippen MR) is 95.7 cm³/mol. The lowest BCUT2D eigenvalue weighted by molar-refractivity contribution is -0.115. The summed E-state index contributed by atoms with van der Waals surface area (Å²) in [5.74, 6) is -0.197. The summed E-state index contributed by atoms with van der Waals surface area (Å²) in [6.07, 6.45) is 1.67. The molecule has 1 aromatic carbocycles. The number of hydrogen-bond donors (Lipinski definition) is 1. The molecule has 3 aromatic rings. The summed E-state index contributed by atoms with van der Waals surface area (Å²) in [6, 6.07) is 9.20. The first kappa shape index (κ1) is 16.6. The van der Waals surface area contributed by atoms with Gasteiger partial charge in [0.25, 0.3) is 5.56 Å². The van der Waals surface area contributed by atoms with E-state index in [9.17, 15) is 14.4 Å². The van der Waals surface area contributed by atoms with Gasteiger partial charge in [-0.3, -0.25) is 18.7 Å². The van der Waals surface area contributed by atoms with Crippen molar-refractivity contribution in [1.82, 2.24) is 14.1 Å². The fourth-order valence-corrected chi connectivity index (χ4v) is 2.72. The standard InChI is InChI=1S/C18H18N4O3/c1-11-6-4-5-7-12(11)8-15(23)20-13-9-14-16(19-10-13)21(2)18(25)22(3)17(14)24/h4-7,9-10H,8H2,1-3H3,(H,20,23). The average molecular weight is 338 g/mol. The molecule has 7 nitrogen and oxygen atoms in total. The molecule has 1 N–H and O–H groups in total. The second kappa shape index (κ2) is 6.35. The van der Waals surface area contributed by atoms with Crippen LogP contribution in [0.25, 0.3) is 11.0 Å². The van der Waals surface area contributed by atoms with Crippen molar-refractivity contribution in [2.45, 2.75) is 13.3 Å². The van der Waals surface area contributed by atoms with Gasteiger partial charge in [0.05, 0.1) is 23.7 Å². The van der Waals surface area contributed by atoms with E-state index in [0.717, 1.165) is 15.7 Å². The monoisotopic (exact) mass is 338 g/mol. The smallest absolute Gasteiger partial charge is 0.324 e. The third-order valence-electron chi connectivity index (χ3n) is 4.19. The van der Waals surface area contributed by atoms with Gasteiger partial charge in [-0.25, -0.2) is 9.78 Å². The summed E-state index contributed by atoms with van der Waals surface area (Å²) in [6.45, 7) is 1.95. The van der Waals surface area contributed by atoms with Crippen LogP contribution in [0.5, 0.6) is 0 Å². The molecule has 0 bridgehead atoms. The summed E-state index contributed by atoms with van der Waals surface area (Å²) in [5.41, 5.74) is 1.79. The minimum Gasteiger partial charge on any atom is -0.324 e. The summed E-state index contributed by atoms with van der Waals surface area (Å²) in [4.78, 5) is 40.6. The molecule has 2 heterocycles. The minimum absolute atomic E-state index is 0.197. The van der Waals surface area contributed by atoms with E-state index in [2.05, 4.69) is 10.3 Å². The molecule has 3 rings (SSSR count). The van der Waals surface area contributed by atoms with Gasteiger partial charge in [0, 0.05) is 14.1 Å². The van der Waals surface area contributed by atoms with E-state index in [1.807, 2.05) is 31.2 Å². The highest BCUT2D eigenvalue weighted by atomic mass is 16.2. The normalized spacial score (nSPS) is 10.8. The van der Waals surface area contributed by atoms with Crippen molar-refractivity contribution < 1.29 is 4.79 Å². The lowest BCUT2D eigenvalue weighted by atomic mass is 10.1. The fourth-order valence-electron chi connectivity index (χ4n) is 2.72. The first-order valence-electron chi connectivity index (χ1n) is 7.78. The van der Waals surface area contributed by atoms with Crippen molar-refractivity contribution in [3.63, 3.8) is 0 Å². The lowest BCUT2D eigenvalue weighted by Crippen LogP contribution is -2.37. The average Bonchev–Trinajstić information content (AvgIpc) is 2.60. The molecule has 0 atom stereocenters. The van der Waals surface area contributed by atoms with E-state index in [1.165, 1.54) is 17.8 Å². The number of benzene rings is 1. The number of anilines is 1. The van der Waals surface area contributed by atoms with E-state index >= 15 is 0 Å². The Balaban J connectivity index is 1.92. The van der Waals surface area contributed by atoms with E-state index in [0.29, 0.717) is 5.69 Å². The Bertz CT molecular complexity index is 1100. The molecule has 0 aliphatic heterocycles. The summed E-state index contributed by atoms with van der Waals surface area (Å²) in [7, 11) is 2.96. The van der Waals surface area contributed by atoms with Gasteiger partial charge in [-0.2, -0.15) is 0 Å². The molecule has 0 unspecified atom stereocenters. The Morgan fingerprint density at radius 2 is 1.88 bits per heavy atom. The van der Waals surface area contributed by atoms with Crippen LogP contribution in [-0.2, 0) is 25.3 Å². The highest BCUT2D eigenvalue weighted by Crippen LogP contribution is 2.13. The molecule has 0 saturated carbocycles. The third-order valence-corrected chi connectivity index (χ3v) is 4.19. The lowest BCUT2D eigenvalue weighted by Gasteiger charge is -2.10. The van der Waals surface area contributed by atoms with Crippen LogP contribution in [0.4, 0.5) is 5.69 Å². The molecule has 0 fully saturated rings. The zero-order valence-corrected chi connectivity index (χ0v) is 14.2. The van der Waals surface area contributed by atoms with Gasteiger partial charge in [-0.15, -0.1) is 0 Å². The minimum atomic E-state index is -0.444. The van der Waals surface area contributed by atoms with Gasteiger partial charge in [-0.1, -0.05) is 24.3 Å². The number of rotatable bonds is 3. The maximum atomic E-state index is 12.3. The molecule has 0 saturated heterocycles. The topological polar surface area (TPSA) is 86.0 Å². The van der Waals surface area contributed by atoms with E-state index in [4.69, 9.17) is 0 Å². The number of carbonyl (C=O) groups excluding carboxylic acids is 1. The molecule has 25 heavy (non-hydrogen) atoms. The van der Waals surface area contributed by atoms with Crippen LogP contribution in [0.1, 0.15) is 11.1 Å². The Morgan fingerprint density at radius 3 is 2.60 bits per heavy atom. The second-order valence-electron chi connectivity index (χ2n) is 5.95. The fraction of sp³-hybridized carbons (Fsp3) is 0.222. The van der Waals surface area contributed by atoms with Crippen molar-refractivity contribution in [3.8, 4) is 0 Å². The van der Waals surface area contributed by atoms with Crippen molar-refractivity contribution in [2.24, 2.45) is 14.1 Å². The Hall–Kier alpha value is -3.22. The number of fused-ring (bicyclic) bond motifs is 1. The van der Waals surface area contributed by atoms with Crippen LogP contribution in [0.3, 0.4) is 0 Å². The van der Waals surface area contributed by atoms with Crippen molar-refractivity contribution in [1.29, 1.82) is 0 Å². The van der Waals surface area contributed by atoms with E-state index < -0.39 is 11.2 Å². The van der Waals surface area contributed by atoms with Gasteiger partial charge in [0.15, 0.2) is 0 Å². The van der Waals surface area contributed by atoms with Gasteiger partial charge in [0.2, 0.25) is 5.91 Å². The first-order valence-corrected chi connectivity index (χ1v) is 7.78. The number of amides is 1. The van der Waals surface area contributed by atoms with Crippen molar-refractivity contribution in [2.75, 3.05) is 5.32 Å². The first-order chi connectivity index (χ1) is 11.9. The number of hydrogen-bond acceptors (Lipinski definition) is 4. The van der Waals surface area contributed by atoms with Crippen molar-refractivity contribution >= 4 is 22.6 Å². The molecule has 7 heteroatoms. The van der Waals surface area contributed by atoms with Crippen LogP contribution in [0.15, 0.2) is 46.1 Å². The molecule has 1 amide bonds. The van der Waals surface area contributed by atoms with Crippen LogP contribution in [0.2, 0.25) is 0 Å². The Kier molecular flexibility index (Phi) is 4.22. The van der Waals surface area contributed by atoms with Gasteiger partial charge >= 0.3 is 5.69 Å². The van der Waals surface area contributed by atoms with Crippen molar-refractivity contribution in [3.05, 3.63) is 68.5 Å². The summed E-state index contributed by atoms with van der Waals surface area (Å²) >= 11 is 0.